The third kappa shape index (κ3) is 3.93. The fourth-order valence-corrected chi connectivity index (χ4v) is 2.84. The maximum Gasteiger partial charge on any atom is 0.0642 e. The van der Waals surface area contributed by atoms with E-state index in [1.807, 2.05) is 6.07 Å². The van der Waals surface area contributed by atoms with Crippen molar-refractivity contribution in [1.29, 1.82) is 0 Å². The van der Waals surface area contributed by atoms with Crippen LogP contribution in [0.2, 0.25) is 0 Å². The molecule has 23 heavy (non-hydrogen) atoms. The van der Waals surface area contributed by atoms with Crippen LogP contribution < -0.4 is 10.2 Å². The molecule has 1 heterocycles. The van der Waals surface area contributed by atoms with Crippen molar-refractivity contribution in [1.82, 2.24) is 0 Å². The lowest BCUT2D eigenvalue weighted by molar-refractivity contribution is 0.122. The molecule has 1 aliphatic heterocycles. The molecular formula is C20H24N2O. The normalized spacial score (nSPS) is 14.4. The number of allylic oxidation sites excluding steroid dienone is 1. The number of rotatable bonds is 4. The van der Waals surface area contributed by atoms with E-state index in [1.54, 1.807) is 0 Å². The second-order valence-corrected chi connectivity index (χ2v) is 6.02. The minimum absolute atomic E-state index is 0.806. The zero-order chi connectivity index (χ0) is 16.1. The lowest BCUT2D eigenvalue weighted by Crippen LogP contribution is -2.36. The molecule has 0 saturated carbocycles. The Labute approximate surface area is 138 Å². The first kappa shape index (κ1) is 15.6. The lowest BCUT2D eigenvalue weighted by Gasteiger charge is -2.29. The maximum absolute atomic E-state index is 5.44. The molecule has 3 rings (SSSR count). The fraction of sp³-hybridized carbons (Fsp3) is 0.300. The Hall–Kier alpha value is -2.26. The van der Waals surface area contributed by atoms with E-state index in [-0.39, 0.29) is 0 Å². The highest BCUT2D eigenvalue weighted by molar-refractivity contribution is 5.79. The summed E-state index contributed by atoms with van der Waals surface area (Å²) in [6.45, 7) is 7.80. The predicted octanol–water partition coefficient (Wildman–Crippen LogP) is 4.39. The number of hydrogen-bond acceptors (Lipinski definition) is 3. The van der Waals surface area contributed by atoms with Gasteiger partial charge < -0.3 is 15.0 Å². The van der Waals surface area contributed by atoms with E-state index in [1.165, 1.54) is 22.5 Å². The Bertz CT molecular complexity index is 669. The van der Waals surface area contributed by atoms with Crippen molar-refractivity contribution in [2.75, 3.05) is 36.5 Å². The molecule has 120 valence electrons. The van der Waals surface area contributed by atoms with E-state index in [0.717, 1.165) is 32.0 Å². The quantitative estimate of drug-likeness (QED) is 0.907. The van der Waals surface area contributed by atoms with Crippen LogP contribution in [0.4, 0.5) is 11.4 Å². The zero-order valence-electron chi connectivity index (χ0n) is 13.9. The van der Waals surface area contributed by atoms with Gasteiger partial charge in [0.25, 0.3) is 0 Å². The van der Waals surface area contributed by atoms with Gasteiger partial charge in [0.15, 0.2) is 0 Å². The molecule has 1 saturated heterocycles. The highest BCUT2D eigenvalue weighted by Crippen LogP contribution is 2.25. The summed E-state index contributed by atoms with van der Waals surface area (Å²) >= 11 is 0. The van der Waals surface area contributed by atoms with E-state index in [9.17, 15) is 0 Å². The fourth-order valence-electron chi connectivity index (χ4n) is 2.84. The minimum atomic E-state index is 0.806. The standard InChI is InChI=1S/C20H24N2O/c1-16(2)20(17-7-4-3-5-8-17)21-18-9-6-10-19(15-18)22-11-13-23-14-12-22/h3-10,15,21H,11-14H2,1-2H3. The van der Waals surface area contributed by atoms with Crippen LogP contribution in [0.1, 0.15) is 19.4 Å². The number of nitrogens with one attached hydrogen (secondary N) is 1. The molecule has 0 amide bonds. The number of benzene rings is 2. The van der Waals surface area contributed by atoms with Gasteiger partial charge in [0, 0.05) is 30.2 Å². The second kappa shape index (κ2) is 7.34. The van der Waals surface area contributed by atoms with Crippen LogP contribution in [0.5, 0.6) is 0 Å². The largest absolute Gasteiger partial charge is 0.378 e. The van der Waals surface area contributed by atoms with Gasteiger partial charge in [-0.25, -0.2) is 0 Å². The van der Waals surface area contributed by atoms with Crippen LogP contribution in [-0.4, -0.2) is 26.3 Å². The predicted molar refractivity (Wildman–Crippen MR) is 97.8 cm³/mol. The van der Waals surface area contributed by atoms with E-state index < -0.39 is 0 Å². The molecule has 3 nitrogen and oxygen atoms in total. The molecule has 2 aromatic rings. The molecule has 0 aromatic heterocycles. The number of hydrogen-bond donors (Lipinski definition) is 1. The Morgan fingerprint density at radius 3 is 2.39 bits per heavy atom. The van der Waals surface area contributed by atoms with Crippen molar-refractivity contribution in [3.63, 3.8) is 0 Å². The molecular weight excluding hydrogens is 284 g/mol. The monoisotopic (exact) mass is 308 g/mol. The summed E-state index contributed by atoms with van der Waals surface area (Å²) in [5.41, 5.74) is 6.02. The first-order valence-electron chi connectivity index (χ1n) is 8.17. The molecule has 0 unspecified atom stereocenters. The molecule has 0 spiro atoms. The van der Waals surface area contributed by atoms with Crippen LogP contribution in [0.25, 0.3) is 5.70 Å². The molecule has 2 aromatic carbocycles. The van der Waals surface area contributed by atoms with Crippen LogP contribution in [-0.2, 0) is 4.74 Å². The zero-order valence-corrected chi connectivity index (χ0v) is 13.9. The first-order chi connectivity index (χ1) is 11.2. The van der Waals surface area contributed by atoms with Gasteiger partial charge in [-0.3, -0.25) is 0 Å². The van der Waals surface area contributed by atoms with Gasteiger partial charge in [0.2, 0.25) is 0 Å². The lowest BCUT2D eigenvalue weighted by atomic mass is 10.1. The smallest absolute Gasteiger partial charge is 0.0642 e. The number of ether oxygens (including phenoxy) is 1. The van der Waals surface area contributed by atoms with Crippen LogP contribution in [0.3, 0.4) is 0 Å². The first-order valence-corrected chi connectivity index (χ1v) is 8.17. The van der Waals surface area contributed by atoms with Crippen molar-refractivity contribution in [3.05, 3.63) is 65.7 Å². The summed E-state index contributed by atoms with van der Waals surface area (Å²) in [5, 5.41) is 3.60. The van der Waals surface area contributed by atoms with Crippen LogP contribution >= 0.6 is 0 Å². The summed E-state index contributed by atoms with van der Waals surface area (Å²) in [6, 6.07) is 19.1. The molecule has 0 radical (unpaired) electrons. The Morgan fingerprint density at radius 1 is 0.957 bits per heavy atom. The van der Waals surface area contributed by atoms with E-state index in [0.29, 0.717) is 0 Å². The summed E-state index contributed by atoms with van der Waals surface area (Å²) in [7, 11) is 0. The van der Waals surface area contributed by atoms with E-state index in [2.05, 4.69) is 72.6 Å². The van der Waals surface area contributed by atoms with E-state index in [4.69, 9.17) is 4.74 Å². The third-order valence-electron chi connectivity index (χ3n) is 4.05. The van der Waals surface area contributed by atoms with Crippen LogP contribution in [0.15, 0.2) is 60.2 Å². The van der Waals surface area contributed by atoms with Crippen molar-refractivity contribution in [3.8, 4) is 0 Å². The van der Waals surface area contributed by atoms with E-state index >= 15 is 0 Å². The molecule has 0 aliphatic carbocycles. The number of anilines is 2. The number of morpholine rings is 1. The van der Waals surface area contributed by atoms with Gasteiger partial charge >= 0.3 is 0 Å². The molecule has 1 fully saturated rings. The van der Waals surface area contributed by atoms with Gasteiger partial charge in [-0.1, -0.05) is 42.0 Å². The van der Waals surface area contributed by atoms with Gasteiger partial charge in [-0.2, -0.15) is 0 Å². The van der Waals surface area contributed by atoms with Gasteiger partial charge in [0.1, 0.15) is 0 Å². The molecule has 3 heteroatoms. The van der Waals surface area contributed by atoms with Crippen molar-refractivity contribution < 1.29 is 4.74 Å². The summed E-state index contributed by atoms with van der Waals surface area (Å²) in [5.74, 6) is 0. The van der Waals surface area contributed by atoms with Crippen molar-refractivity contribution in [2.45, 2.75) is 13.8 Å². The van der Waals surface area contributed by atoms with Gasteiger partial charge in [-0.15, -0.1) is 0 Å². The summed E-state index contributed by atoms with van der Waals surface area (Å²) in [6.07, 6.45) is 0. The topological polar surface area (TPSA) is 24.5 Å². The molecule has 1 aliphatic rings. The number of nitrogens with zero attached hydrogens (tertiary/aromatic N) is 1. The molecule has 0 atom stereocenters. The Morgan fingerprint density at radius 2 is 1.70 bits per heavy atom. The Kier molecular flexibility index (Phi) is 4.99. The minimum Gasteiger partial charge on any atom is -0.378 e. The third-order valence-corrected chi connectivity index (χ3v) is 4.05. The average molecular weight is 308 g/mol. The average Bonchev–Trinajstić information content (AvgIpc) is 2.61. The summed E-state index contributed by atoms with van der Waals surface area (Å²) < 4.78 is 5.44. The Balaban J connectivity index is 1.83. The van der Waals surface area contributed by atoms with Gasteiger partial charge in [0.05, 0.1) is 13.2 Å². The summed E-state index contributed by atoms with van der Waals surface area (Å²) in [4.78, 5) is 2.37. The van der Waals surface area contributed by atoms with Crippen molar-refractivity contribution >= 4 is 17.1 Å². The SMILES string of the molecule is CC(C)=C(Nc1cccc(N2CCOCC2)c1)c1ccccc1. The molecule has 1 N–H and O–H groups in total. The maximum atomic E-state index is 5.44. The van der Waals surface area contributed by atoms with Gasteiger partial charge in [-0.05, 0) is 37.6 Å². The molecule has 0 bridgehead atoms. The second-order valence-electron chi connectivity index (χ2n) is 6.02. The highest BCUT2D eigenvalue weighted by atomic mass is 16.5. The highest BCUT2D eigenvalue weighted by Gasteiger charge is 2.12. The van der Waals surface area contributed by atoms with Crippen molar-refractivity contribution in [2.24, 2.45) is 0 Å². The van der Waals surface area contributed by atoms with Crippen LogP contribution in [0, 0.1) is 0 Å².